The molecule has 150 valence electrons. The molecule has 3 heterocycles. The Morgan fingerprint density at radius 2 is 1.93 bits per heavy atom. The maximum absolute atomic E-state index is 12.7. The van der Waals surface area contributed by atoms with Crippen molar-refractivity contribution in [3.63, 3.8) is 0 Å². The van der Waals surface area contributed by atoms with Crippen LogP contribution in [0.5, 0.6) is 0 Å². The Morgan fingerprint density at radius 1 is 1.18 bits per heavy atom. The van der Waals surface area contributed by atoms with E-state index in [0.29, 0.717) is 45.4 Å². The second-order valence-corrected chi connectivity index (χ2v) is 8.84. The Morgan fingerprint density at radius 3 is 2.71 bits per heavy atom. The standard InChI is InChI=1S/C21H29N5O2/c1-20(2)13-22-19(28)21(24-14-20)8-11-25(12-9-21)18(27)7-10-26-15-23-16-5-3-4-6-17(16)26/h3-6,15,24H,7-14H2,1-2H3,(H,22,28). The van der Waals surface area contributed by atoms with E-state index in [0.717, 1.165) is 17.6 Å². The van der Waals surface area contributed by atoms with Gasteiger partial charge in [-0.25, -0.2) is 4.98 Å². The van der Waals surface area contributed by atoms with Crippen molar-refractivity contribution in [2.24, 2.45) is 5.41 Å². The summed E-state index contributed by atoms with van der Waals surface area (Å²) in [4.78, 5) is 31.7. The van der Waals surface area contributed by atoms with Gasteiger partial charge >= 0.3 is 0 Å². The van der Waals surface area contributed by atoms with E-state index in [1.165, 1.54) is 0 Å². The van der Waals surface area contributed by atoms with Gasteiger partial charge in [0, 0.05) is 39.1 Å². The van der Waals surface area contributed by atoms with E-state index in [1.807, 2.05) is 33.7 Å². The highest BCUT2D eigenvalue weighted by molar-refractivity contribution is 5.87. The van der Waals surface area contributed by atoms with Gasteiger partial charge in [0.25, 0.3) is 0 Å². The van der Waals surface area contributed by atoms with Gasteiger partial charge in [-0.05, 0) is 30.4 Å². The van der Waals surface area contributed by atoms with E-state index >= 15 is 0 Å². The molecule has 28 heavy (non-hydrogen) atoms. The molecule has 2 aromatic rings. The summed E-state index contributed by atoms with van der Waals surface area (Å²) < 4.78 is 2.03. The zero-order valence-electron chi connectivity index (χ0n) is 16.7. The van der Waals surface area contributed by atoms with Crippen LogP contribution in [0.4, 0.5) is 0 Å². The van der Waals surface area contributed by atoms with Crippen LogP contribution in [-0.2, 0) is 16.1 Å². The third-order valence-electron chi connectivity index (χ3n) is 6.13. The van der Waals surface area contributed by atoms with Crippen LogP contribution in [0, 0.1) is 5.41 Å². The van der Waals surface area contributed by atoms with E-state index in [2.05, 4.69) is 29.5 Å². The molecule has 7 nitrogen and oxygen atoms in total. The zero-order valence-corrected chi connectivity index (χ0v) is 16.7. The molecule has 2 saturated heterocycles. The molecule has 0 bridgehead atoms. The molecule has 2 aliphatic heterocycles. The molecule has 0 atom stereocenters. The number of fused-ring (bicyclic) bond motifs is 1. The second kappa shape index (κ2) is 7.20. The van der Waals surface area contributed by atoms with Crippen LogP contribution in [-0.4, -0.2) is 58.0 Å². The lowest BCUT2D eigenvalue weighted by atomic mass is 9.86. The second-order valence-electron chi connectivity index (χ2n) is 8.84. The minimum Gasteiger partial charge on any atom is -0.354 e. The normalized spacial score (nSPS) is 21.5. The highest BCUT2D eigenvalue weighted by Gasteiger charge is 2.44. The number of aryl methyl sites for hydroxylation is 1. The number of likely N-dealkylation sites (tertiary alicyclic amines) is 1. The largest absolute Gasteiger partial charge is 0.354 e. The molecule has 0 aliphatic carbocycles. The zero-order chi connectivity index (χ0) is 19.8. The summed E-state index contributed by atoms with van der Waals surface area (Å²) in [7, 11) is 0. The molecule has 7 heteroatoms. The highest BCUT2D eigenvalue weighted by Crippen LogP contribution is 2.27. The van der Waals surface area contributed by atoms with Crippen LogP contribution in [0.2, 0.25) is 0 Å². The van der Waals surface area contributed by atoms with Gasteiger partial charge in [0.1, 0.15) is 5.54 Å². The van der Waals surface area contributed by atoms with Crippen LogP contribution >= 0.6 is 0 Å². The number of nitrogens with zero attached hydrogens (tertiary/aromatic N) is 3. The van der Waals surface area contributed by atoms with Gasteiger partial charge in [0.15, 0.2) is 0 Å². The molecule has 2 fully saturated rings. The first-order valence-corrected chi connectivity index (χ1v) is 10.1. The van der Waals surface area contributed by atoms with Gasteiger partial charge in [-0.3, -0.25) is 9.59 Å². The number of hydrogen-bond donors (Lipinski definition) is 2. The molecule has 4 rings (SSSR count). The molecular weight excluding hydrogens is 354 g/mol. The summed E-state index contributed by atoms with van der Waals surface area (Å²) in [6, 6.07) is 7.95. The van der Waals surface area contributed by atoms with E-state index < -0.39 is 5.54 Å². The summed E-state index contributed by atoms with van der Waals surface area (Å²) >= 11 is 0. The summed E-state index contributed by atoms with van der Waals surface area (Å²) in [5.74, 6) is 0.219. The first-order chi connectivity index (χ1) is 13.4. The fourth-order valence-electron chi connectivity index (χ4n) is 4.14. The predicted octanol–water partition coefficient (Wildman–Crippen LogP) is 1.53. The van der Waals surface area contributed by atoms with Crippen LogP contribution in [0.3, 0.4) is 0 Å². The Kier molecular flexibility index (Phi) is 4.87. The average molecular weight is 383 g/mol. The third kappa shape index (κ3) is 3.63. The van der Waals surface area contributed by atoms with Crippen molar-refractivity contribution < 1.29 is 9.59 Å². The number of amides is 2. The summed E-state index contributed by atoms with van der Waals surface area (Å²) in [5.41, 5.74) is 1.50. The minimum atomic E-state index is -0.537. The molecule has 2 N–H and O–H groups in total. The van der Waals surface area contributed by atoms with Crippen LogP contribution in [0.25, 0.3) is 11.0 Å². The highest BCUT2D eigenvalue weighted by atomic mass is 16.2. The molecule has 0 radical (unpaired) electrons. The molecule has 2 amide bonds. The number of hydrogen-bond acceptors (Lipinski definition) is 4. The Bertz CT molecular complexity index is 880. The summed E-state index contributed by atoms with van der Waals surface area (Å²) in [6.45, 7) is 7.63. The lowest BCUT2D eigenvalue weighted by molar-refractivity contribution is -0.137. The monoisotopic (exact) mass is 383 g/mol. The SMILES string of the molecule is CC1(C)CNC(=O)C2(CCN(C(=O)CCn3cnc4ccccc43)CC2)NC1. The van der Waals surface area contributed by atoms with E-state index in [4.69, 9.17) is 0 Å². The first kappa shape index (κ1) is 18.9. The van der Waals surface area contributed by atoms with E-state index in [-0.39, 0.29) is 17.2 Å². The number of benzene rings is 1. The molecule has 0 unspecified atom stereocenters. The molecule has 1 aromatic carbocycles. The van der Waals surface area contributed by atoms with Crippen LogP contribution in [0.15, 0.2) is 30.6 Å². The minimum absolute atomic E-state index is 0.0414. The van der Waals surface area contributed by atoms with Crippen molar-refractivity contribution in [2.45, 2.75) is 45.2 Å². The van der Waals surface area contributed by atoms with Crippen LogP contribution in [0.1, 0.15) is 33.1 Å². The maximum atomic E-state index is 12.7. The van der Waals surface area contributed by atoms with Crippen molar-refractivity contribution in [3.8, 4) is 0 Å². The quantitative estimate of drug-likeness (QED) is 0.843. The smallest absolute Gasteiger partial charge is 0.240 e. The van der Waals surface area contributed by atoms with Crippen molar-refractivity contribution in [2.75, 3.05) is 26.2 Å². The molecule has 0 saturated carbocycles. The summed E-state index contributed by atoms with van der Waals surface area (Å²) in [5, 5.41) is 6.59. The topological polar surface area (TPSA) is 79.3 Å². The number of imidazole rings is 1. The van der Waals surface area contributed by atoms with E-state index in [1.54, 1.807) is 6.33 Å². The van der Waals surface area contributed by atoms with Gasteiger partial charge in [-0.1, -0.05) is 26.0 Å². The molecular formula is C21H29N5O2. The molecule has 2 aliphatic rings. The lowest BCUT2D eigenvalue weighted by Crippen LogP contribution is -2.61. The fourth-order valence-corrected chi connectivity index (χ4v) is 4.14. The maximum Gasteiger partial charge on any atom is 0.240 e. The van der Waals surface area contributed by atoms with Gasteiger partial charge in [-0.2, -0.15) is 0 Å². The van der Waals surface area contributed by atoms with Crippen molar-refractivity contribution in [1.29, 1.82) is 0 Å². The number of piperidine rings is 1. The first-order valence-electron chi connectivity index (χ1n) is 10.1. The number of carbonyl (C=O) groups excluding carboxylic acids is 2. The average Bonchev–Trinajstić information content (AvgIpc) is 3.08. The van der Waals surface area contributed by atoms with Gasteiger partial charge in [0.05, 0.1) is 17.4 Å². The molecule has 1 aromatic heterocycles. The number of nitrogens with one attached hydrogen (secondary N) is 2. The fraction of sp³-hybridized carbons (Fsp3) is 0.571. The number of rotatable bonds is 3. The number of para-hydroxylation sites is 2. The van der Waals surface area contributed by atoms with Gasteiger partial charge in [-0.15, -0.1) is 0 Å². The Balaban J connectivity index is 1.34. The predicted molar refractivity (Wildman–Crippen MR) is 108 cm³/mol. The lowest BCUT2D eigenvalue weighted by Gasteiger charge is -2.40. The third-order valence-corrected chi connectivity index (χ3v) is 6.13. The van der Waals surface area contributed by atoms with E-state index in [9.17, 15) is 9.59 Å². The Hall–Kier alpha value is -2.41. The number of aromatic nitrogens is 2. The number of carbonyl (C=O) groups is 2. The van der Waals surface area contributed by atoms with Gasteiger partial charge < -0.3 is 20.1 Å². The Labute approximate surface area is 165 Å². The van der Waals surface area contributed by atoms with Crippen molar-refractivity contribution in [3.05, 3.63) is 30.6 Å². The van der Waals surface area contributed by atoms with Gasteiger partial charge in [0.2, 0.25) is 11.8 Å². The van der Waals surface area contributed by atoms with Crippen molar-refractivity contribution >= 4 is 22.8 Å². The molecule has 1 spiro atoms. The van der Waals surface area contributed by atoms with Crippen LogP contribution < -0.4 is 10.6 Å². The summed E-state index contributed by atoms with van der Waals surface area (Å²) in [6.07, 6.45) is 3.56. The van der Waals surface area contributed by atoms with Crippen molar-refractivity contribution in [1.82, 2.24) is 25.1 Å².